The van der Waals surface area contributed by atoms with Gasteiger partial charge in [0.1, 0.15) is 17.1 Å². The zero-order valence-electron chi connectivity index (χ0n) is 12.5. The monoisotopic (exact) mass is 322 g/mol. The van der Waals surface area contributed by atoms with E-state index in [0.717, 1.165) is 29.7 Å². The van der Waals surface area contributed by atoms with Crippen molar-refractivity contribution in [2.75, 3.05) is 11.4 Å². The second-order valence-electron chi connectivity index (χ2n) is 5.56. The van der Waals surface area contributed by atoms with Crippen LogP contribution in [0.15, 0.2) is 0 Å². The van der Waals surface area contributed by atoms with E-state index in [1.807, 2.05) is 0 Å². The van der Waals surface area contributed by atoms with E-state index in [4.69, 9.17) is 5.11 Å². The molecule has 1 aliphatic rings. The summed E-state index contributed by atoms with van der Waals surface area (Å²) in [5, 5.41) is 28.5. The first-order valence-corrected chi connectivity index (χ1v) is 7.95. The van der Waals surface area contributed by atoms with Crippen LogP contribution in [0.25, 0.3) is 0 Å². The molecular weight excluding hydrogens is 304 g/mol. The standard InChI is InChI=1S/C15H18N2O4S/c1-8(14(18)19)7-17(9(2)15(20)21)13-11(6-16)10-4-3-5-12(10)22-13/h8-9H,3-5,7H2,1-2H3,(H,18,19)(H,20,21). The van der Waals surface area contributed by atoms with Gasteiger partial charge in [0.25, 0.3) is 0 Å². The minimum Gasteiger partial charge on any atom is -0.481 e. The highest BCUT2D eigenvalue weighted by molar-refractivity contribution is 7.16. The third-order valence-electron chi connectivity index (χ3n) is 3.99. The van der Waals surface area contributed by atoms with E-state index in [9.17, 15) is 20.0 Å². The van der Waals surface area contributed by atoms with Gasteiger partial charge in [-0.1, -0.05) is 6.92 Å². The maximum Gasteiger partial charge on any atom is 0.326 e. The summed E-state index contributed by atoms with van der Waals surface area (Å²) in [6, 6.07) is 1.30. The fourth-order valence-corrected chi connectivity index (χ4v) is 4.06. The summed E-state index contributed by atoms with van der Waals surface area (Å²) in [5.41, 5.74) is 1.52. The smallest absolute Gasteiger partial charge is 0.326 e. The lowest BCUT2D eigenvalue weighted by molar-refractivity contribution is -0.142. The highest BCUT2D eigenvalue weighted by Gasteiger charge is 2.31. The number of aliphatic carboxylic acids is 2. The van der Waals surface area contributed by atoms with Gasteiger partial charge >= 0.3 is 11.9 Å². The Kier molecular flexibility index (Phi) is 4.71. The van der Waals surface area contributed by atoms with E-state index in [2.05, 4.69) is 6.07 Å². The largest absolute Gasteiger partial charge is 0.481 e. The van der Waals surface area contributed by atoms with Crippen LogP contribution in [-0.2, 0) is 22.4 Å². The number of fused-ring (bicyclic) bond motifs is 1. The normalized spacial score (nSPS) is 15.7. The van der Waals surface area contributed by atoms with Crippen LogP contribution in [0.4, 0.5) is 5.00 Å². The van der Waals surface area contributed by atoms with E-state index in [-0.39, 0.29) is 6.54 Å². The van der Waals surface area contributed by atoms with Gasteiger partial charge in [-0.2, -0.15) is 5.26 Å². The van der Waals surface area contributed by atoms with E-state index < -0.39 is 23.9 Å². The Morgan fingerprint density at radius 2 is 2.00 bits per heavy atom. The second kappa shape index (κ2) is 6.36. The molecule has 2 rings (SSSR count). The molecule has 2 N–H and O–H groups in total. The van der Waals surface area contributed by atoms with Crippen LogP contribution in [0.2, 0.25) is 0 Å². The van der Waals surface area contributed by atoms with Gasteiger partial charge in [0, 0.05) is 11.4 Å². The molecule has 1 aliphatic carbocycles. The maximum absolute atomic E-state index is 11.4. The van der Waals surface area contributed by atoms with Crippen molar-refractivity contribution in [1.29, 1.82) is 5.26 Å². The zero-order valence-corrected chi connectivity index (χ0v) is 13.3. The van der Waals surface area contributed by atoms with Crippen molar-refractivity contribution in [3.05, 3.63) is 16.0 Å². The Labute approximate surface area is 132 Å². The van der Waals surface area contributed by atoms with Gasteiger partial charge in [0.2, 0.25) is 0 Å². The molecule has 1 aromatic rings. The van der Waals surface area contributed by atoms with E-state index in [1.54, 1.807) is 4.90 Å². The fraction of sp³-hybridized carbons (Fsp3) is 0.533. The lowest BCUT2D eigenvalue weighted by atomic mass is 10.1. The molecule has 0 bridgehead atoms. The highest BCUT2D eigenvalue weighted by atomic mass is 32.1. The van der Waals surface area contributed by atoms with Crippen molar-refractivity contribution >= 4 is 28.3 Å². The number of nitrogens with zero attached hydrogens (tertiary/aromatic N) is 2. The van der Waals surface area contributed by atoms with Gasteiger partial charge in [-0.25, -0.2) is 4.79 Å². The molecular formula is C15H18N2O4S. The molecule has 2 atom stereocenters. The first-order valence-electron chi connectivity index (χ1n) is 7.13. The van der Waals surface area contributed by atoms with E-state index in [1.165, 1.54) is 25.2 Å². The van der Waals surface area contributed by atoms with E-state index >= 15 is 0 Å². The van der Waals surface area contributed by atoms with Crippen LogP contribution in [0.3, 0.4) is 0 Å². The molecule has 118 valence electrons. The van der Waals surface area contributed by atoms with Crippen molar-refractivity contribution in [3.63, 3.8) is 0 Å². The number of hydrogen-bond donors (Lipinski definition) is 2. The van der Waals surface area contributed by atoms with Crippen LogP contribution >= 0.6 is 11.3 Å². The maximum atomic E-state index is 11.4. The molecule has 6 nitrogen and oxygen atoms in total. The van der Waals surface area contributed by atoms with E-state index in [0.29, 0.717) is 10.6 Å². The first-order chi connectivity index (χ1) is 10.4. The molecule has 0 fully saturated rings. The molecule has 0 amide bonds. The first kappa shape index (κ1) is 16.3. The number of thiophene rings is 1. The Bertz CT molecular complexity index is 647. The van der Waals surface area contributed by atoms with Crippen LogP contribution in [-0.4, -0.2) is 34.7 Å². The summed E-state index contributed by atoms with van der Waals surface area (Å²) in [7, 11) is 0. The summed E-state index contributed by atoms with van der Waals surface area (Å²) in [4.78, 5) is 25.2. The minimum absolute atomic E-state index is 0.0663. The Hall–Kier alpha value is -2.07. The zero-order chi connectivity index (χ0) is 16.4. The topological polar surface area (TPSA) is 102 Å². The number of carboxylic acid groups (broad SMARTS) is 2. The molecule has 0 aliphatic heterocycles. The lowest BCUT2D eigenvalue weighted by Crippen LogP contribution is -2.43. The SMILES string of the molecule is CC(CN(c1sc2c(c1C#N)CCC2)C(C)C(=O)O)C(=O)O. The molecule has 1 aromatic heterocycles. The average molecular weight is 322 g/mol. The van der Waals surface area contributed by atoms with Crippen LogP contribution < -0.4 is 4.90 Å². The Balaban J connectivity index is 2.43. The number of anilines is 1. The summed E-state index contributed by atoms with van der Waals surface area (Å²) >= 11 is 1.43. The number of aryl methyl sites for hydroxylation is 1. The third kappa shape index (κ3) is 2.92. The molecule has 2 unspecified atom stereocenters. The molecule has 0 saturated heterocycles. The predicted octanol–water partition coefficient (Wildman–Crippen LogP) is 2.11. The second-order valence-corrected chi connectivity index (χ2v) is 6.64. The molecule has 0 radical (unpaired) electrons. The van der Waals surface area contributed by atoms with Crippen molar-refractivity contribution in [1.82, 2.24) is 0 Å². The predicted molar refractivity (Wildman–Crippen MR) is 82.3 cm³/mol. The molecule has 22 heavy (non-hydrogen) atoms. The van der Waals surface area contributed by atoms with Crippen LogP contribution in [0.5, 0.6) is 0 Å². The molecule has 0 spiro atoms. The fourth-order valence-electron chi connectivity index (χ4n) is 2.63. The quantitative estimate of drug-likeness (QED) is 0.831. The third-order valence-corrected chi connectivity index (χ3v) is 5.32. The summed E-state index contributed by atoms with van der Waals surface area (Å²) < 4.78 is 0. The van der Waals surface area contributed by atoms with Crippen molar-refractivity contribution in [2.24, 2.45) is 5.92 Å². The number of carbonyl (C=O) groups is 2. The van der Waals surface area contributed by atoms with Crippen LogP contribution in [0, 0.1) is 17.2 Å². The summed E-state index contributed by atoms with van der Waals surface area (Å²) in [6.07, 6.45) is 2.74. The summed E-state index contributed by atoms with van der Waals surface area (Å²) in [6.45, 7) is 3.12. The number of nitriles is 1. The summed E-state index contributed by atoms with van der Waals surface area (Å²) in [5.74, 6) is -2.73. The molecule has 7 heteroatoms. The Morgan fingerprint density at radius 3 is 2.55 bits per heavy atom. The van der Waals surface area contributed by atoms with Gasteiger partial charge in [-0.3, -0.25) is 4.79 Å². The highest BCUT2D eigenvalue weighted by Crippen LogP contribution is 2.41. The van der Waals surface area contributed by atoms with Gasteiger partial charge in [0.05, 0.1) is 11.5 Å². The van der Waals surface area contributed by atoms with Gasteiger partial charge in [0.15, 0.2) is 0 Å². The molecule has 0 aromatic carbocycles. The van der Waals surface area contributed by atoms with Crippen molar-refractivity contribution in [2.45, 2.75) is 39.2 Å². The molecule has 1 heterocycles. The van der Waals surface area contributed by atoms with Crippen LogP contribution in [0.1, 0.15) is 36.3 Å². The van der Waals surface area contributed by atoms with Gasteiger partial charge in [-0.05, 0) is 31.7 Å². The van der Waals surface area contributed by atoms with Gasteiger partial charge < -0.3 is 15.1 Å². The number of carboxylic acids is 2. The molecule has 0 saturated carbocycles. The lowest BCUT2D eigenvalue weighted by Gasteiger charge is -2.29. The number of hydrogen-bond acceptors (Lipinski definition) is 5. The average Bonchev–Trinajstić information content (AvgIpc) is 3.03. The Morgan fingerprint density at radius 1 is 1.32 bits per heavy atom. The number of rotatable bonds is 6. The minimum atomic E-state index is -1.03. The van der Waals surface area contributed by atoms with Crippen molar-refractivity contribution in [3.8, 4) is 6.07 Å². The van der Waals surface area contributed by atoms with Gasteiger partial charge in [-0.15, -0.1) is 11.3 Å². The van der Waals surface area contributed by atoms with Crippen molar-refractivity contribution < 1.29 is 19.8 Å².